The van der Waals surface area contributed by atoms with E-state index in [1.807, 2.05) is 20.8 Å². The van der Waals surface area contributed by atoms with Crippen molar-refractivity contribution in [2.45, 2.75) is 90.4 Å². The van der Waals surface area contributed by atoms with Crippen LogP contribution in [0.1, 0.15) is 84.7 Å². The molecule has 0 saturated carbocycles. The molecule has 1 heterocycles. The second-order valence-electron chi connectivity index (χ2n) is 11.6. The summed E-state index contributed by atoms with van der Waals surface area (Å²) in [6.07, 6.45) is 1.65. The highest BCUT2D eigenvalue weighted by atomic mass is 19.1. The molecule has 2 aromatic rings. The first-order valence-electron chi connectivity index (χ1n) is 15.5. The number of carbonyl (C=O) groups excluding carboxylic acids is 2. The molecule has 0 aromatic heterocycles. The number of nitrogens with zero attached hydrogens (tertiary/aromatic N) is 2. The molecular weight excluding hydrogens is 570 g/mol. The highest BCUT2D eigenvalue weighted by Crippen LogP contribution is 2.21. The molecule has 242 valence electrons. The van der Waals surface area contributed by atoms with Crippen LogP contribution in [-0.4, -0.2) is 83.3 Å². The van der Waals surface area contributed by atoms with Crippen molar-refractivity contribution in [1.82, 2.24) is 15.1 Å². The van der Waals surface area contributed by atoms with E-state index in [0.29, 0.717) is 50.0 Å². The minimum absolute atomic E-state index is 0.0399. The Hall–Kier alpha value is -3.57. The van der Waals surface area contributed by atoms with E-state index in [9.17, 15) is 28.3 Å². The molecule has 4 N–H and O–H groups in total. The average molecular weight is 617 g/mol. The van der Waals surface area contributed by atoms with Crippen LogP contribution in [0.2, 0.25) is 0 Å². The Balaban J connectivity index is 1.81. The lowest BCUT2D eigenvalue weighted by Crippen LogP contribution is -2.53. The van der Waals surface area contributed by atoms with Crippen molar-refractivity contribution in [1.29, 1.82) is 0 Å². The maximum atomic E-state index is 13.9. The third kappa shape index (κ3) is 9.72. The summed E-state index contributed by atoms with van der Waals surface area (Å²) in [5.41, 5.74) is 8.16. The van der Waals surface area contributed by atoms with Gasteiger partial charge in [0.2, 0.25) is 0 Å². The van der Waals surface area contributed by atoms with Gasteiger partial charge in [-0.15, -0.1) is 0 Å². The maximum Gasteiger partial charge on any atom is 0.407 e. The molecule has 0 bridgehead atoms. The number of ether oxygens (including phenoxy) is 1. The molecule has 44 heavy (non-hydrogen) atoms. The lowest BCUT2D eigenvalue weighted by atomic mass is 9.95. The van der Waals surface area contributed by atoms with Crippen molar-refractivity contribution in [3.05, 3.63) is 70.3 Å². The van der Waals surface area contributed by atoms with Crippen molar-refractivity contribution in [2.75, 3.05) is 26.2 Å². The molecule has 9 nitrogen and oxygen atoms in total. The number of carbonyl (C=O) groups is 3. The van der Waals surface area contributed by atoms with E-state index >= 15 is 0 Å². The van der Waals surface area contributed by atoms with Crippen LogP contribution < -0.4 is 11.1 Å². The second-order valence-corrected chi connectivity index (χ2v) is 11.6. The number of piperidine rings is 1. The number of halogens is 2. The minimum atomic E-state index is -0.949. The number of nitrogens with one attached hydrogen (secondary N) is 1. The summed E-state index contributed by atoms with van der Waals surface area (Å²) in [5, 5.41) is 12.9. The van der Waals surface area contributed by atoms with Gasteiger partial charge >= 0.3 is 12.1 Å². The smallest absolute Gasteiger partial charge is 0.407 e. The topological polar surface area (TPSA) is 125 Å². The van der Waals surface area contributed by atoms with Crippen LogP contribution in [0, 0.1) is 18.6 Å². The molecule has 1 fully saturated rings. The molecule has 3 rings (SSSR count). The van der Waals surface area contributed by atoms with Crippen LogP contribution in [-0.2, 0) is 11.2 Å². The van der Waals surface area contributed by atoms with E-state index in [0.717, 1.165) is 24.5 Å². The van der Waals surface area contributed by atoms with Gasteiger partial charge in [-0.1, -0.05) is 20.8 Å². The van der Waals surface area contributed by atoms with E-state index in [1.165, 1.54) is 23.1 Å². The lowest BCUT2D eigenvalue weighted by Gasteiger charge is -2.38. The molecule has 2 unspecified atom stereocenters. The standard InChI is InChI=1S/C33H46F2N4O5/c1-5-9-38(10-6-2)31(40)23-12-21(4)13-24(17-23)32(41)44-30(29(36)16-22-14-25(34)18-26(35)15-22)20-37-27-8-11-39(33(42)43)28(7-3)19-27/h12-15,17-18,27-30,37H,5-11,16,19-20,36H2,1-4H3,(H,42,43)/t27?,28?,29-,30+/m0/s1. The molecule has 1 aliphatic rings. The summed E-state index contributed by atoms with van der Waals surface area (Å²) >= 11 is 0. The van der Waals surface area contributed by atoms with Gasteiger partial charge in [0.15, 0.2) is 0 Å². The Morgan fingerprint density at radius 2 is 1.68 bits per heavy atom. The Bertz CT molecular complexity index is 1270. The first kappa shape index (κ1) is 34.9. The SMILES string of the molecule is CCCN(CCC)C(=O)c1cc(C)cc(C(=O)O[C@H](CNC2CCN(C(=O)O)C(CC)C2)[C@@H](N)Cc2cc(F)cc(F)c2)c1. The van der Waals surface area contributed by atoms with E-state index in [-0.39, 0.29) is 36.5 Å². The lowest BCUT2D eigenvalue weighted by molar-refractivity contribution is 0.0217. The number of rotatable bonds is 14. The normalized spacial score (nSPS) is 18.0. The zero-order valence-electron chi connectivity index (χ0n) is 26.2. The number of amides is 2. The zero-order chi connectivity index (χ0) is 32.4. The molecule has 4 atom stereocenters. The zero-order valence-corrected chi connectivity index (χ0v) is 26.2. The molecule has 0 radical (unpaired) electrons. The molecule has 1 saturated heterocycles. The number of nitrogens with two attached hydrogens (primary N) is 1. The van der Waals surface area contributed by atoms with E-state index < -0.39 is 35.8 Å². The molecular formula is C33H46F2N4O5. The minimum Gasteiger partial charge on any atom is -0.465 e. The summed E-state index contributed by atoms with van der Waals surface area (Å²) in [6.45, 7) is 9.47. The van der Waals surface area contributed by atoms with Crippen molar-refractivity contribution < 1.29 is 33.0 Å². The Labute approximate surface area is 258 Å². The molecule has 0 aliphatic carbocycles. The predicted molar refractivity (Wildman–Crippen MR) is 165 cm³/mol. The molecule has 2 amide bonds. The number of hydrogen-bond donors (Lipinski definition) is 3. The fourth-order valence-corrected chi connectivity index (χ4v) is 5.84. The fourth-order valence-electron chi connectivity index (χ4n) is 5.84. The molecule has 2 aromatic carbocycles. The van der Waals surface area contributed by atoms with Gasteiger partial charge in [-0.25, -0.2) is 18.4 Å². The van der Waals surface area contributed by atoms with Gasteiger partial charge in [0, 0.05) is 55.9 Å². The van der Waals surface area contributed by atoms with Crippen LogP contribution in [0.4, 0.5) is 13.6 Å². The van der Waals surface area contributed by atoms with Crippen molar-refractivity contribution in [3.8, 4) is 0 Å². The van der Waals surface area contributed by atoms with Crippen LogP contribution in [0.25, 0.3) is 0 Å². The Kier molecular flexibility index (Phi) is 13.1. The van der Waals surface area contributed by atoms with Gasteiger partial charge < -0.3 is 30.7 Å². The van der Waals surface area contributed by atoms with Gasteiger partial charge in [0.1, 0.15) is 17.7 Å². The van der Waals surface area contributed by atoms with Gasteiger partial charge in [0.05, 0.1) is 5.56 Å². The first-order chi connectivity index (χ1) is 20.9. The van der Waals surface area contributed by atoms with Crippen molar-refractivity contribution in [3.63, 3.8) is 0 Å². The average Bonchev–Trinajstić information content (AvgIpc) is 2.97. The maximum absolute atomic E-state index is 13.9. The van der Waals surface area contributed by atoms with E-state index in [2.05, 4.69) is 5.32 Å². The summed E-state index contributed by atoms with van der Waals surface area (Å²) in [7, 11) is 0. The second kappa shape index (κ2) is 16.5. The van der Waals surface area contributed by atoms with E-state index in [4.69, 9.17) is 10.5 Å². The van der Waals surface area contributed by atoms with Crippen LogP contribution in [0.3, 0.4) is 0 Å². The van der Waals surface area contributed by atoms with Gasteiger partial charge in [-0.3, -0.25) is 4.79 Å². The predicted octanol–water partition coefficient (Wildman–Crippen LogP) is 5.14. The van der Waals surface area contributed by atoms with Gasteiger partial charge in [0.25, 0.3) is 5.91 Å². The number of carboxylic acid groups (broad SMARTS) is 1. The van der Waals surface area contributed by atoms with Gasteiger partial charge in [-0.05, 0) is 86.9 Å². The highest BCUT2D eigenvalue weighted by molar-refractivity contribution is 5.98. The summed E-state index contributed by atoms with van der Waals surface area (Å²) in [6, 6.07) is 7.09. The third-order valence-corrected chi connectivity index (χ3v) is 8.00. The Morgan fingerprint density at radius 3 is 2.27 bits per heavy atom. The molecule has 1 aliphatic heterocycles. The van der Waals surface area contributed by atoms with Crippen LogP contribution in [0.5, 0.6) is 0 Å². The monoisotopic (exact) mass is 616 g/mol. The first-order valence-corrected chi connectivity index (χ1v) is 15.5. The molecule has 11 heteroatoms. The third-order valence-electron chi connectivity index (χ3n) is 8.00. The van der Waals surface area contributed by atoms with Gasteiger partial charge in [-0.2, -0.15) is 0 Å². The van der Waals surface area contributed by atoms with Crippen LogP contribution in [0.15, 0.2) is 36.4 Å². The van der Waals surface area contributed by atoms with Crippen molar-refractivity contribution >= 4 is 18.0 Å². The van der Waals surface area contributed by atoms with Crippen molar-refractivity contribution in [2.24, 2.45) is 5.73 Å². The quantitative estimate of drug-likeness (QED) is 0.251. The number of esters is 1. The van der Waals surface area contributed by atoms with E-state index in [1.54, 1.807) is 24.0 Å². The number of hydrogen-bond acceptors (Lipinski definition) is 6. The van der Waals surface area contributed by atoms with Crippen LogP contribution >= 0.6 is 0 Å². The Morgan fingerprint density at radius 1 is 1.05 bits per heavy atom. The summed E-state index contributed by atoms with van der Waals surface area (Å²) < 4.78 is 33.7. The fraction of sp³-hybridized carbons (Fsp3) is 0.545. The number of aryl methyl sites for hydroxylation is 1. The highest BCUT2D eigenvalue weighted by Gasteiger charge is 2.32. The summed E-state index contributed by atoms with van der Waals surface area (Å²) in [4.78, 5) is 41.6. The largest absolute Gasteiger partial charge is 0.465 e. The number of benzene rings is 2. The number of likely N-dealkylation sites (tertiary alicyclic amines) is 1. The summed E-state index contributed by atoms with van der Waals surface area (Å²) in [5.74, 6) is -2.29. The molecule has 0 spiro atoms.